The number of nitrogens with one attached hydrogen (secondary N) is 1. The molecule has 5 nitrogen and oxygen atoms in total. The number of hydrogen-bond donors (Lipinski definition) is 1. The van der Waals surface area contributed by atoms with Gasteiger partial charge in [0.1, 0.15) is 17.5 Å². The summed E-state index contributed by atoms with van der Waals surface area (Å²) in [6.07, 6.45) is 4.45. The fraction of sp³-hybridized carbons (Fsp3) is 0.364. The molecule has 2 rings (SSSR count). The van der Waals surface area contributed by atoms with Gasteiger partial charge in [0.25, 0.3) is 0 Å². The topological polar surface area (TPSA) is 55.6 Å². The average molecular weight is 217 g/mol. The highest BCUT2D eigenvalue weighted by Crippen LogP contribution is 2.09. The van der Waals surface area contributed by atoms with Crippen molar-refractivity contribution in [2.75, 3.05) is 12.4 Å². The van der Waals surface area contributed by atoms with Gasteiger partial charge >= 0.3 is 0 Å². The molecule has 84 valence electrons. The van der Waals surface area contributed by atoms with Crippen LogP contribution in [-0.2, 0) is 13.5 Å². The summed E-state index contributed by atoms with van der Waals surface area (Å²) in [6.45, 7) is 1.89. The van der Waals surface area contributed by atoms with E-state index in [4.69, 9.17) is 0 Å². The van der Waals surface area contributed by atoms with Crippen LogP contribution in [0, 0.1) is 6.92 Å². The normalized spacial score (nSPS) is 10.4. The third kappa shape index (κ3) is 2.18. The smallest absolute Gasteiger partial charge is 0.129 e. The third-order valence-electron chi connectivity index (χ3n) is 2.41. The van der Waals surface area contributed by atoms with Crippen molar-refractivity contribution in [3.63, 3.8) is 0 Å². The Labute approximate surface area is 94.6 Å². The minimum absolute atomic E-state index is 0.724. The molecule has 2 aromatic rings. The summed E-state index contributed by atoms with van der Waals surface area (Å²) in [4.78, 5) is 12.9. The van der Waals surface area contributed by atoms with E-state index in [0.717, 1.165) is 29.6 Å². The molecule has 0 fully saturated rings. The second-order valence-electron chi connectivity index (χ2n) is 3.67. The van der Waals surface area contributed by atoms with E-state index < -0.39 is 0 Å². The van der Waals surface area contributed by atoms with Crippen LogP contribution >= 0.6 is 0 Å². The van der Waals surface area contributed by atoms with Gasteiger partial charge in [0, 0.05) is 39.0 Å². The van der Waals surface area contributed by atoms with E-state index >= 15 is 0 Å². The summed E-state index contributed by atoms with van der Waals surface area (Å²) in [6, 6.07) is 1.95. The van der Waals surface area contributed by atoms with Crippen molar-refractivity contribution in [1.82, 2.24) is 19.5 Å². The Morgan fingerprint density at radius 3 is 2.81 bits per heavy atom. The zero-order chi connectivity index (χ0) is 11.5. The largest absolute Gasteiger partial charge is 0.373 e. The van der Waals surface area contributed by atoms with Gasteiger partial charge in [-0.05, 0) is 6.92 Å². The SMILES string of the molecule is CNc1cc(Cc2nccn2C)nc(C)n1. The molecular formula is C11H15N5. The maximum Gasteiger partial charge on any atom is 0.129 e. The quantitative estimate of drug-likeness (QED) is 0.838. The van der Waals surface area contributed by atoms with Crippen LogP contribution < -0.4 is 5.32 Å². The molecule has 16 heavy (non-hydrogen) atoms. The molecule has 2 heterocycles. The first kappa shape index (κ1) is 10.6. The number of anilines is 1. The first-order chi connectivity index (χ1) is 7.69. The van der Waals surface area contributed by atoms with Crippen molar-refractivity contribution in [2.45, 2.75) is 13.3 Å². The van der Waals surface area contributed by atoms with Crippen molar-refractivity contribution in [3.8, 4) is 0 Å². The third-order valence-corrected chi connectivity index (χ3v) is 2.41. The summed E-state index contributed by atoms with van der Waals surface area (Å²) in [7, 11) is 3.84. The van der Waals surface area contributed by atoms with Crippen molar-refractivity contribution in [1.29, 1.82) is 0 Å². The Kier molecular flexibility index (Phi) is 2.85. The molecule has 0 radical (unpaired) electrons. The van der Waals surface area contributed by atoms with Gasteiger partial charge in [-0.25, -0.2) is 15.0 Å². The molecule has 0 amide bonds. The molecule has 0 saturated carbocycles. The maximum absolute atomic E-state index is 4.39. The standard InChI is InChI=1S/C11H15N5/c1-8-14-9(6-10(12-2)15-8)7-11-13-4-5-16(11)3/h4-6H,7H2,1-3H3,(H,12,14,15). The van der Waals surface area contributed by atoms with Gasteiger partial charge in [-0.3, -0.25) is 0 Å². The summed E-state index contributed by atoms with van der Waals surface area (Å²) < 4.78 is 2.00. The predicted octanol–water partition coefficient (Wildman–Crippen LogP) is 1.15. The summed E-state index contributed by atoms with van der Waals surface area (Å²) >= 11 is 0. The molecule has 0 aliphatic carbocycles. The van der Waals surface area contributed by atoms with Gasteiger partial charge in [-0.1, -0.05) is 0 Å². The van der Waals surface area contributed by atoms with E-state index in [1.807, 2.05) is 37.8 Å². The van der Waals surface area contributed by atoms with Gasteiger partial charge in [0.15, 0.2) is 0 Å². The first-order valence-corrected chi connectivity index (χ1v) is 5.17. The second kappa shape index (κ2) is 4.30. The Bertz CT molecular complexity index is 489. The molecule has 0 saturated heterocycles. The molecule has 0 aromatic carbocycles. The molecule has 0 bridgehead atoms. The molecule has 2 aromatic heterocycles. The fourth-order valence-electron chi connectivity index (χ4n) is 1.58. The molecule has 1 N–H and O–H groups in total. The van der Waals surface area contributed by atoms with E-state index in [-0.39, 0.29) is 0 Å². The highest BCUT2D eigenvalue weighted by molar-refractivity contribution is 5.35. The summed E-state index contributed by atoms with van der Waals surface area (Å²) in [5.41, 5.74) is 0.978. The van der Waals surface area contributed by atoms with Crippen molar-refractivity contribution in [3.05, 3.63) is 35.8 Å². The van der Waals surface area contributed by atoms with E-state index in [0.29, 0.717) is 0 Å². The highest BCUT2D eigenvalue weighted by Gasteiger charge is 2.05. The number of aromatic nitrogens is 4. The lowest BCUT2D eigenvalue weighted by atomic mass is 10.2. The highest BCUT2D eigenvalue weighted by atomic mass is 15.0. The minimum atomic E-state index is 0.724. The molecular weight excluding hydrogens is 202 g/mol. The molecule has 0 atom stereocenters. The number of nitrogens with zero attached hydrogens (tertiary/aromatic N) is 4. The zero-order valence-electron chi connectivity index (χ0n) is 9.73. The van der Waals surface area contributed by atoms with Crippen LogP contribution in [0.3, 0.4) is 0 Å². The van der Waals surface area contributed by atoms with Crippen LogP contribution in [0.4, 0.5) is 5.82 Å². The van der Waals surface area contributed by atoms with Crippen molar-refractivity contribution < 1.29 is 0 Å². The molecule has 5 heteroatoms. The van der Waals surface area contributed by atoms with Gasteiger partial charge in [0.2, 0.25) is 0 Å². The molecule has 0 aliphatic heterocycles. The van der Waals surface area contributed by atoms with E-state index in [1.54, 1.807) is 6.20 Å². The van der Waals surface area contributed by atoms with E-state index in [1.165, 1.54) is 0 Å². The van der Waals surface area contributed by atoms with Gasteiger partial charge < -0.3 is 9.88 Å². The monoisotopic (exact) mass is 217 g/mol. The van der Waals surface area contributed by atoms with Crippen LogP contribution in [0.25, 0.3) is 0 Å². The average Bonchev–Trinajstić information content (AvgIpc) is 2.63. The Hall–Kier alpha value is -1.91. The molecule has 0 unspecified atom stereocenters. The van der Waals surface area contributed by atoms with Crippen molar-refractivity contribution >= 4 is 5.82 Å². The second-order valence-corrected chi connectivity index (χ2v) is 3.67. The summed E-state index contributed by atoms with van der Waals surface area (Å²) in [5, 5.41) is 3.02. The number of imidazole rings is 1. The molecule has 0 spiro atoms. The Morgan fingerprint density at radius 1 is 1.38 bits per heavy atom. The van der Waals surface area contributed by atoms with E-state index in [2.05, 4.69) is 20.3 Å². The van der Waals surface area contributed by atoms with Crippen LogP contribution in [0.1, 0.15) is 17.3 Å². The lowest BCUT2D eigenvalue weighted by Gasteiger charge is -2.05. The molecule has 0 aliphatic rings. The number of hydrogen-bond acceptors (Lipinski definition) is 4. The Morgan fingerprint density at radius 2 is 2.19 bits per heavy atom. The predicted molar refractivity (Wildman–Crippen MR) is 62.3 cm³/mol. The lowest BCUT2D eigenvalue weighted by Crippen LogP contribution is -2.04. The van der Waals surface area contributed by atoms with Crippen LogP contribution in [-0.4, -0.2) is 26.6 Å². The van der Waals surface area contributed by atoms with E-state index in [9.17, 15) is 0 Å². The Balaban J connectivity index is 2.28. The van der Waals surface area contributed by atoms with Gasteiger partial charge in [-0.15, -0.1) is 0 Å². The van der Waals surface area contributed by atoms with Gasteiger partial charge in [0.05, 0.1) is 5.69 Å². The first-order valence-electron chi connectivity index (χ1n) is 5.17. The van der Waals surface area contributed by atoms with Gasteiger partial charge in [-0.2, -0.15) is 0 Å². The lowest BCUT2D eigenvalue weighted by molar-refractivity contribution is 0.805. The maximum atomic E-state index is 4.39. The summed E-state index contributed by atoms with van der Waals surface area (Å²) in [5.74, 6) is 2.62. The van der Waals surface area contributed by atoms with Crippen molar-refractivity contribution in [2.24, 2.45) is 7.05 Å². The number of rotatable bonds is 3. The zero-order valence-corrected chi connectivity index (χ0v) is 9.73. The van der Waals surface area contributed by atoms with Crippen LogP contribution in [0.15, 0.2) is 18.5 Å². The number of aryl methyl sites for hydroxylation is 2. The van der Waals surface area contributed by atoms with Crippen LogP contribution in [0.5, 0.6) is 0 Å². The van der Waals surface area contributed by atoms with Crippen LogP contribution in [0.2, 0.25) is 0 Å². The fourth-order valence-corrected chi connectivity index (χ4v) is 1.58. The minimum Gasteiger partial charge on any atom is -0.373 e.